The molecule has 1 aliphatic carbocycles. The Bertz CT molecular complexity index is 704. The summed E-state index contributed by atoms with van der Waals surface area (Å²) in [4.78, 5) is 10.4. The molecule has 1 aromatic rings. The molecule has 1 aliphatic rings. The highest BCUT2D eigenvalue weighted by Crippen LogP contribution is 2.36. The van der Waals surface area contributed by atoms with Crippen LogP contribution in [0.1, 0.15) is 32.1 Å². The van der Waals surface area contributed by atoms with Gasteiger partial charge >= 0.3 is 0 Å². The summed E-state index contributed by atoms with van der Waals surface area (Å²) in [6.07, 6.45) is 6.93. The predicted octanol–water partition coefficient (Wildman–Crippen LogP) is 1.86. The van der Waals surface area contributed by atoms with Crippen LogP contribution in [-0.4, -0.2) is 46.2 Å². The molecule has 1 fully saturated rings. The Hall–Kier alpha value is -1.86. The maximum atomic E-state index is 10.4. The number of aliphatic hydroxyl groups excluding tert-OH is 3. The molecule has 2 rings (SSSR count). The first-order chi connectivity index (χ1) is 13.9. The van der Waals surface area contributed by atoms with Gasteiger partial charge in [-0.25, -0.2) is 0 Å². The number of aliphatic hydroxyl groups is 3. The van der Waals surface area contributed by atoms with Gasteiger partial charge < -0.3 is 30.0 Å². The molecule has 0 amide bonds. The monoisotopic (exact) mass is 423 g/mol. The summed E-state index contributed by atoms with van der Waals surface area (Å²) in [6.45, 7) is 0.0468. The number of aliphatic carboxylic acids is 1. The van der Waals surface area contributed by atoms with Gasteiger partial charge in [0.15, 0.2) is 0 Å². The highest BCUT2D eigenvalue weighted by atomic mass is 35.5. The molecule has 1 saturated carbocycles. The van der Waals surface area contributed by atoms with Crippen molar-refractivity contribution in [1.29, 1.82) is 0 Å². The first-order valence-corrected chi connectivity index (χ1v) is 10.2. The van der Waals surface area contributed by atoms with Gasteiger partial charge in [-0.1, -0.05) is 42.0 Å². The fraction of sp³-hybridized carbons (Fsp3) is 0.500. The number of benzene rings is 1. The van der Waals surface area contributed by atoms with Gasteiger partial charge in [-0.05, 0) is 49.8 Å². The van der Waals surface area contributed by atoms with Crippen LogP contribution in [-0.2, 0) is 4.79 Å². The maximum Gasteiger partial charge on any atom is 0.120 e. The van der Waals surface area contributed by atoms with Crippen molar-refractivity contribution in [2.45, 2.75) is 50.4 Å². The molecular formula is C22H28ClO6-. The van der Waals surface area contributed by atoms with Gasteiger partial charge in [-0.15, -0.1) is 0 Å². The lowest BCUT2D eigenvalue weighted by molar-refractivity contribution is -0.305. The minimum Gasteiger partial charge on any atom is -0.550 e. The average molecular weight is 424 g/mol. The molecule has 6 nitrogen and oxygen atoms in total. The van der Waals surface area contributed by atoms with Crippen LogP contribution in [0.2, 0.25) is 5.02 Å². The van der Waals surface area contributed by atoms with Crippen LogP contribution in [0.3, 0.4) is 0 Å². The van der Waals surface area contributed by atoms with Gasteiger partial charge in [0.2, 0.25) is 0 Å². The molecule has 0 saturated heterocycles. The summed E-state index contributed by atoms with van der Waals surface area (Å²) in [5.41, 5.74) is 0. The third-order valence-electron chi connectivity index (χ3n) is 5.01. The van der Waals surface area contributed by atoms with E-state index in [9.17, 15) is 25.2 Å². The number of hydrogen-bond acceptors (Lipinski definition) is 6. The summed E-state index contributed by atoms with van der Waals surface area (Å²) in [5, 5.41) is 41.6. The predicted molar refractivity (Wildman–Crippen MR) is 108 cm³/mol. The maximum absolute atomic E-state index is 10.4. The Morgan fingerprint density at radius 3 is 2.83 bits per heavy atom. The fourth-order valence-electron chi connectivity index (χ4n) is 3.49. The molecular weight excluding hydrogens is 396 g/mol. The standard InChI is InChI=1S/C22H29ClO6/c23-15-6-5-7-17(12-15)29-14-16(24)10-11-19-18(20(25)13-21(19)26)8-3-1-2-4-9-22(27)28/h1,3,5-7,10-12,16,18-21,24-26H,2,4,8-9,13-14H2,(H,27,28)/p-1/b3-1?,11-10+/t16-,18-,19-,20+,21-/m1/s1. The molecule has 0 heterocycles. The number of allylic oxidation sites excluding steroid dienone is 2. The molecule has 7 heteroatoms. The molecule has 0 bridgehead atoms. The zero-order chi connectivity index (χ0) is 21.2. The average Bonchev–Trinajstić information content (AvgIpc) is 2.93. The van der Waals surface area contributed by atoms with E-state index in [1.54, 1.807) is 36.4 Å². The van der Waals surface area contributed by atoms with Gasteiger partial charge in [0, 0.05) is 23.3 Å². The van der Waals surface area contributed by atoms with Crippen LogP contribution in [0, 0.1) is 11.8 Å². The van der Waals surface area contributed by atoms with Crippen LogP contribution < -0.4 is 9.84 Å². The quantitative estimate of drug-likeness (QED) is 0.370. The lowest BCUT2D eigenvalue weighted by atomic mass is 9.89. The summed E-state index contributed by atoms with van der Waals surface area (Å²) >= 11 is 5.89. The van der Waals surface area contributed by atoms with E-state index >= 15 is 0 Å². The van der Waals surface area contributed by atoms with Crippen LogP contribution in [0.4, 0.5) is 0 Å². The van der Waals surface area contributed by atoms with Crippen LogP contribution in [0.15, 0.2) is 48.6 Å². The lowest BCUT2D eigenvalue weighted by Crippen LogP contribution is -2.21. The zero-order valence-corrected chi connectivity index (χ0v) is 16.9. The molecule has 0 aliphatic heterocycles. The number of unbranched alkanes of at least 4 members (excludes halogenated alkanes) is 1. The highest BCUT2D eigenvalue weighted by molar-refractivity contribution is 6.30. The van der Waals surface area contributed by atoms with Gasteiger partial charge in [-0.3, -0.25) is 0 Å². The van der Waals surface area contributed by atoms with Crippen LogP contribution in [0.25, 0.3) is 0 Å². The van der Waals surface area contributed by atoms with E-state index in [-0.39, 0.29) is 31.3 Å². The number of carbonyl (C=O) groups is 1. The second-order valence-corrected chi connectivity index (χ2v) is 7.74. The molecule has 29 heavy (non-hydrogen) atoms. The number of hydrogen-bond donors (Lipinski definition) is 3. The first-order valence-electron chi connectivity index (χ1n) is 9.82. The number of halogens is 1. The van der Waals surface area contributed by atoms with E-state index in [4.69, 9.17) is 16.3 Å². The normalized spacial score (nSPS) is 25.7. The molecule has 0 spiro atoms. The largest absolute Gasteiger partial charge is 0.550 e. The van der Waals surface area contributed by atoms with Crippen molar-refractivity contribution in [3.05, 3.63) is 53.6 Å². The lowest BCUT2D eigenvalue weighted by Gasteiger charge is -2.19. The second-order valence-electron chi connectivity index (χ2n) is 7.30. The number of rotatable bonds is 11. The van der Waals surface area contributed by atoms with E-state index in [1.807, 2.05) is 12.2 Å². The smallest absolute Gasteiger partial charge is 0.120 e. The third kappa shape index (κ3) is 8.19. The van der Waals surface area contributed by atoms with Crippen molar-refractivity contribution in [3.63, 3.8) is 0 Å². The third-order valence-corrected chi connectivity index (χ3v) is 5.25. The SMILES string of the molecule is O=C([O-])CCCC=CC[C@@H]1[C@@H](/C=C/[C@@H](O)COc2cccc(Cl)c2)[C@H](O)C[C@@H]1O. The van der Waals surface area contributed by atoms with E-state index < -0.39 is 24.3 Å². The topological polar surface area (TPSA) is 110 Å². The van der Waals surface area contributed by atoms with Gasteiger partial charge in [0.05, 0.1) is 12.2 Å². The van der Waals surface area contributed by atoms with E-state index in [0.29, 0.717) is 30.0 Å². The number of carboxylic acid groups (broad SMARTS) is 1. The van der Waals surface area contributed by atoms with Crippen LogP contribution in [0.5, 0.6) is 5.75 Å². The molecule has 0 radical (unpaired) electrons. The van der Waals surface area contributed by atoms with Crippen LogP contribution >= 0.6 is 11.6 Å². The minimum atomic E-state index is -1.06. The van der Waals surface area contributed by atoms with Gasteiger partial charge in [0.25, 0.3) is 0 Å². The number of carbonyl (C=O) groups excluding carboxylic acids is 1. The highest BCUT2D eigenvalue weighted by Gasteiger charge is 2.39. The van der Waals surface area contributed by atoms with E-state index in [2.05, 4.69) is 0 Å². The van der Waals surface area contributed by atoms with Crippen molar-refractivity contribution >= 4 is 17.6 Å². The Kier molecular flexibility index (Phi) is 9.67. The molecule has 0 aromatic heterocycles. The number of carboxylic acids is 1. The van der Waals surface area contributed by atoms with Gasteiger partial charge in [0.1, 0.15) is 18.5 Å². The Balaban J connectivity index is 1.83. The van der Waals surface area contributed by atoms with Crippen molar-refractivity contribution in [2.75, 3.05) is 6.61 Å². The van der Waals surface area contributed by atoms with Gasteiger partial charge in [-0.2, -0.15) is 0 Å². The molecule has 160 valence electrons. The van der Waals surface area contributed by atoms with Crippen molar-refractivity contribution in [1.82, 2.24) is 0 Å². The minimum absolute atomic E-state index is 0.0234. The Morgan fingerprint density at radius 1 is 1.31 bits per heavy atom. The first kappa shape index (κ1) is 23.4. The summed E-state index contributed by atoms with van der Waals surface area (Å²) in [5.74, 6) is -0.947. The van der Waals surface area contributed by atoms with E-state index in [0.717, 1.165) is 0 Å². The fourth-order valence-corrected chi connectivity index (χ4v) is 3.67. The Labute approximate surface area is 176 Å². The van der Waals surface area contributed by atoms with E-state index in [1.165, 1.54) is 0 Å². The zero-order valence-electron chi connectivity index (χ0n) is 16.2. The summed E-state index contributed by atoms with van der Waals surface area (Å²) in [7, 11) is 0. The molecule has 0 unspecified atom stereocenters. The Morgan fingerprint density at radius 2 is 2.10 bits per heavy atom. The molecule has 5 atom stereocenters. The second kappa shape index (κ2) is 12.0. The number of ether oxygens (including phenoxy) is 1. The summed E-state index contributed by atoms with van der Waals surface area (Å²) < 4.78 is 5.50. The molecule has 1 aromatic carbocycles. The summed E-state index contributed by atoms with van der Waals surface area (Å²) in [6, 6.07) is 6.89. The van der Waals surface area contributed by atoms with Crippen molar-refractivity contribution in [3.8, 4) is 5.75 Å². The van der Waals surface area contributed by atoms with Crippen molar-refractivity contribution in [2.24, 2.45) is 11.8 Å². The molecule has 3 N–H and O–H groups in total. The van der Waals surface area contributed by atoms with Crippen molar-refractivity contribution < 1.29 is 30.0 Å².